The average molecular weight is 369 g/mol. The van der Waals surface area contributed by atoms with E-state index in [4.69, 9.17) is 4.74 Å². The van der Waals surface area contributed by atoms with Crippen LogP contribution < -0.4 is 10.1 Å². The monoisotopic (exact) mass is 369 g/mol. The van der Waals surface area contributed by atoms with Crippen LogP contribution in [0.2, 0.25) is 0 Å². The number of hydrogen-bond acceptors (Lipinski definition) is 2. The van der Waals surface area contributed by atoms with Gasteiger partial charge in [0.15, 0.2) is 5.60 Å². The van der Waals surface area contributed by atoms with Crippen molar-refractivity contribution in [2.24, 2.45) is 0 Å². The molecule has 2 rings (SSSR count). The molecule has 0 aliphatic heterocycles. The van der Waals surface area contributed by atoms with Crippen molar-refractivity contribution >= 4 is 11.5 Å². The highest BCUT2D eigenvalue weighted by molar-refractivity contribution is 5.84. The minimum Gasteiger partial charge on any atom is -0.478 e. The van der Waals surface area contributed by atoms with E-state index >= 15 is 0 Å². The zero-order chi connectivity index (χ0) is 19.9. The number of rotatable bonds is 9. The highest BCUT2D eigenvalue weighted by Gasteiger charge is 2.29. The van der Waals surface area contributed by atoms with Crippen LogP contribution in [-0.4, -0.2) is 18.1 Å². The number of benzene rings is 2. The van der Waals surface area contributed by atoms with Crippen molar-refractivity contribution in [3.05, 3.63) is 72.1 Å². The third kappa shape index (κ3) is 6.24. The highest BCUT2D eigenvalue weighted by atomic mass is 19.1. The summed E-state index contributed by atoms with van der Waals surface area (Å²) < 4.78 is 18.7. The van der Waals surface area contributed by atoms with Gasteiger partial charge < -0.3 is 10.1 Å². The van der Waals surface area contributed by atoms with E-state index in [-0.39, 0.29) is 11.7 Å². The van der Waals surface area contributed by atoms with Gasteiger partial charge in [-0.3, -0.25) is 4.79 Å². The molecule has 4 heteroatoms. The maximum absolute atomic E-state index is 13.0. The second-order valence-corrected chi connectivity index (χ2v) is 7.12. The second-order valence-electron chi connectivity index (χ2n) is 7.12. The van der Waals surface area contributed by atoms with Crippen molar-refractivity contribution in [3.8, 4) is 5.75 Å². The molecule has 0 saturated carbocycles. The third-order valence-corrected chi connectivity index (χ3v) is 4.35. The van der Waals surface area contributed by atoms with E-state index < -0.39 is 5.60 Å². The first kappa shape index (κ1) is 20.7. The Labute approximate surface area is 161 Å². The van der Waals surface area contributed by atoms with Crippen molar-refractivity contribution in [2.45, 2.75) is 45.6 Å². The van der Waals surface area contributed by atoms with E-state index in [9.17, 15) is 9.18 Å². The molecule has 2 aromatic carbocycles. The van der Waals surface area contributed by atoms with E-state index in [1.54, 1.807) is 13.8 Å². The first-order valence-corrected chi connectivity index (χ1v) is 9.32. The average Bonchev–Trinajstić information content (AvgIpc) is 2.64. The van der Waals surface area contributed by atoms with Gasteiger partial charge in [-0.1, -0.05) is 44.2 Å². The lowest BCUT2D eigenvalue weighted by Gasteiger charge is -2.25. The van der Waals surface area contributed by atoms with Crippen LogP contribution in [0.4, 0.5) is 4.39 Å². The van der Waals surface area contributed by atoms with E-state index in [0.717, 1.165) is 24.0 Å². The molecule has 3 nitrogen and oxygen atoms in total. The van der Waals surface area contributed by atoms with Gasteiger partial charge in [-0.05, 0) is 67.7 Å². The summed E-state index contributed by atoms with van der Waals surface area (Å²) in [6.07, 6.45) is 2.86. The molecule has 1 amide bonds. The Hall–Kier alpha value is -2.62. The topological polar surface area (TPSA) is 38.3 Å². The minimum atomic E-state index is -1.05. The molecule has 1 N–H and O–H groups in total. The molecule has 0 bridgehead atoms. The molecule has 0 unspecified atom stereocenters. The van der Waals surface area contributed by atoms with Gasteiger partial charge in [0.05, 0.1) is 0 Å². The van der Waals surface area contributed by atoms with Gasteiger partial charge in [0.1, 0.15) is 11.6 Å². The number of ether oxygens (including phenoxy) is 1. The van der Waals surface area contributed by atoms with Crippen molar-refractivity contribution in [1.29, 1.82) is 0 Å². The predicted molar refractivity (Wildman–Crippen MR) is 108 cm³/mol. The minimum absolute atomic E-state index is 0.224. The Morgan fingerprint density at radius 2 is 1.74 bits per heavy atom. The summed E-state index contributed by atoms with van der Waals surface area (Å²) in [5.74, 6) is -0.114. The third-order valence-electron chi connectivity index (χ3n) is 4.35. The number of halogens is 1. The van der Waals surface area contributed by atoms with Gasteiger partial charge in [-0.25, -0.2) is 4.39 Å². The van der Waals surface area contributed by atoms with Crippen LogP contribution in [0.3, 0.4) is 0 Å². The number of amides is 1. The van der Waals surface area contributed by atoms with Crippen LogP contribution in [0, 0.1) is 5.82 Å². The largest absolute Gasteiger partial charge is 0.478 e. The Morgan fingerprint density at radius 3 is 2.33 bits per heavy atom. The first-order valence-electron chi connectivity index (χ1n) is 9.32. The maximum Gasteiger partial charge on any atom is 0.263 e. The van der Waals surface area contributed by atoms with E-state index in [1.807, 2.05) is 0 Å². The van der Waals surface area contributed by atoms with E-state index in [0.29, 0.717) is 18.7 Å². The fourth-order valence-electron chi connectivity index (χ4n) is 2.72. The smallest absolute Gasteiger partial charge is 0.263 e. The van der Waals surface area contributed by atoms with Gasteiger partial charge in [0.2, 0.25) is 0 Å². The van der Waals surface area contributed by atoms with Crippen molar-refractivity contribution in [1.82, 2.24) is 5.32 Å². The Kier molecular flexibility index (Phi) is 7.17. The molecule has 27 heavy (non-hydrogen) atoms. The molecular formula is C23H28FNO2. The van der Waals surface area contributed by atoms with Gasteiger partial charge >= 0.3 is 0 Å². The Bertz CT molecular complexity index is 764. The number of hydrogen-bond donors (Lipinski definition) is 1. The van der Waals surface area contributed by atoms with Crippen LogP contribution in [0.25, 0.3) is 5.57 Å². The molecule has 0 aromatic heterocycles. The Balaban J connectivity index is 1.83. The molecule has 2 aromatic rings. The molecule has 144 valence electrons. The van der Waals surface area contributed by atoms with Crippen molar-refractivity contribution < 1.29 is 13.9 Å². The summed E-state index contributed by atoms with van der Waals surface area (Å²) in [4.78, 5) is 12.4. The molecule has 0 saturated heterocycles. The lowest BCUT2D eigenvalue weighted by molar-refractivity contribution is -0.134. The molecular weight excluding hydrogens is 341 g/mol. The van der Waals surface area contributed by atoms with Gasteiger partial charge in [0, 0.05) is 6.54 Å². The summed E-state index contributed by atoms with van der Waals surface area (Å²) in [6, 6.07) is 14.0. The molecule has 0 radical (unpaired) electrons. The van der Waals surface area contributed by atoms with Gasteiger partial charge in [0.25, 0.3) is 5.91 Å². The second kappa shape index (κ2) is 9.36. The highest BCUT2D eigenvalue weighted by Crippen LogP contribution is 2.20. The van der Waals surface area contributed by atoms with E-state index in [2.05, 4.69) is 43.1 Å². The number of carbonyl (C=O) groups is 1. The van der Waals surface area contributed by atoms with Crippen LogP contribution in [0.15, 0.2) is 55.1 Å². The SMILES string of the molecule is C=C(CCNC(=O)C(C)(C)Oc1ccc(F)cc1)c1ccc(CCC)cc1. The Morgan fingerprint density at radius 1 is 1.11 bits per heavy atom. The van der Waals surface area contributed by atoms with Gasteiger partial charge in [-0.2, -0.15) is 0 Å². The summed E-state index contributed by atoms with van der Waals surface area (Å²) in [5.41, 5.74) is 2.34. The fourth-order valence-corrected chi connectivity index (χ4v) is 2.72. The summed E-state index contributed by atoms with van der Waals surface area (Å²) >= 11 is 0. The van der Waals surface area contributed by atoms with Crippen LogP contribution in [0.5, 0.6) is 5.75 Å². The lowest BCUT2D eigenvalue weighted by atomic mass is 10.0. The molecule has 0 spiro atoms. The molecule has 0 aliphatic carbocycles. The maximum atomic E-state index is 13.0. The lowest BCUT2D eigenvalue weighted by Crippen LogP contribution is -2.46. The molecule has 0 fully saturated rings. The van der Waals surface area contributed by atoms with Crippen LogP contribution in [-0.2, 0) is 11.2 Å². The van der Waals surface area contributed by atoms with E-state index in [1.165, 1.54) is 29.8 Å². The zero-order valence-corrected chi connectivity index (χ0v) is 16.3. The molecule has 0 aliphatic rings. The number of carbonyl (C=O) groups excluding carboxylic acids is 1. The molecule has 0 heterocycles. The predicted octanol–water partition coefficient (Wildman–Crippen LogP) is 5.16. The standard InChI is InChI=1S/C23H28FNO2/c1-5-6-18-7-9-19(10-8-18)17(2)15-16-25-22(26)23(3,4)27-21-13-11-20(24)12-14-21/h7-14H,2,5-6,15-16H2,1,3-4H3,(H,25,26). The van der Waals surface area contributed by atoms with Gasteiger partial charge in [-0.15, -0.1) is 0 Å². The quantitative estimate of drug-likeness (QED) is 0.663. The van der Waals surface area contributed by atoms with Crippen LogP contribution >= 0.6 is 0 Å². The number of nitrogens with one attached hydrogen (secondary N) is 1. The molecule has 0 atom stereocenters. The van der Waals surface area contributed by atoms with Crippen LogP contribution in [0.1, 0.15) is 44.7 Å². The summed E-state index contributed by atoms with van der Waals surface area (Å²) in [6.45, 7) is 10.1. The first-order chi connectivity index (χ1) is 12.8. The summed E-state index contributed by atoms with van der Waals surface area (Å²) in [7, 11) is 0. The zero-order valence-electron chi connectivity index (χ0n) is 16.3. The number of aryl methyl sites for hydroxylation is 1. The fraction of sp³-hybridized carbons (Fsp3) is 0.348. The van der Waals surface area contributed by atoms with Crippen molar-refractivity contribution in [2.75, 3.05) is 6.54 Å². The van der Waals surface area contributed by atoms with Crippen molar-refractivity contribution in [3.63, 3.8) is 0 Å². The normalized spacial score (nSPS) is 11.1. The summed E-state index contributed by atoms with van der Waals surface area (Å²) in [5, 5.41) is 2.89.